The molecule has 0 heterocycles. The summed E-state index contributed by atoms with van der Waals surface area (Å²) in [6.07, 6.45) is -1.94. The number of rotatable bonds is 10. The van der Waals surface area contributed by atoms with Gasteiger partial charge < -0.3 is 31.9 Å². The van der Waals surface area contributed by atoms with Crippen LogP contribution in [0.1, 0.15) is 33.1 Å². The van der Waals surface area contributed by atoms with Crippen LogP contribution in [0.3, 0.4) is 0 Å². The molecule has 0 saturated heterocycles. The van der Waals surface area contributed by atoms with Crippen LogP contribution in [0, 0.1) is 5.92 Å². The SMILES string of the molecule is CC(C)CC(NC(=O)C(CCCNC(=O)O)NC(=O)O)C(N)=O. The zero-order valence-corrected chi connectivity index (χ0v) is 13.2. The summed E-state index contributed by atoms with van der Waals surface area (Å²) in [4.78, 5) is 44.6. The van der Waals surface area contributed by atoms with Crippen LogP contribution in [0.5, 0.6) is 0 Å². The van der Waals surface area contributed by atoms with Gasteiger partial charge in [-0.25, -0.2) is 9.59 Å². The van der Waals surface area contributed by atoms with Gasteiger partial charge in [-0.1, -0.05) is 13.8 Å². The summed E-state index contributed by atoms with van der Waals surface area (Å²) in [7, 11) is 0. The second-order valence-corrected chi connectivity index (χ2v) is 5.47. The van der Waals surface area contributed by atoms with E-state index in [9.17, 15) is 19.2 Å². The van der Waals surface area contributed by atoms with Gasteiger partial charge in [0.25, 0.3) is 0 Å². The quantitative estimate of drug-likeness (QED) is 0.299. The van der Waals surface area contributed by atoms with Crippen LogP contribution < -0.4 is 21.7 Å². The van der Waals surface area contributed by atoms with Gasteiger partial charge in [-0.2, -0.15) is 0 Å². The Labute approximate surface area is 133 Å². The molecule has 132 valence electrons. The molecule has 0 rings (SSSR count). The molecule has 0 radical (unpaired) electrons. The van der Waals surface area contributed by atoms with Crippen molar-refractivity contribution >= 4 is 24.0 Å². The first-order chi connectivity index (χ1) is 10.6. The average molecular weight is 332 g/mol. The summed E-state index contributed by atoms with van der Waals surface area (Å²) in [6.45, 7) is 3.78. The number of amides is 4. The summed E-state index contributed by atoms with van der Waals surface area (Å²) in [5.74, 6) is -1.26. The molecular formula is C13H24N4O6. The van der Waals surface area contributed by atoms with Crippen molar-refractivity contribution in [3.8, 4) is 0 Å². The van der Waals surface area contributed by atoms with Crippen molar-refractivity contribution in [3.63, 3.8) is 0 Å². The van der Waals surface area contributed by atoms with E-state index < -0.39 is 36.1 Å². The minimum Gasteiger partial charge on any atom is -0.465 e. The standard InChI is InChI=1S/C13H24N4O6/c1-7(2)6-9(10(14)18)16-11(19)8(17-13(22)23)4-3-5-15-12(20)21/h7-9,15,17H,3-6H2,1-2H3,(H2,14,18)(H,16,19)(H,20,21)(H,22,23). The first-order valence-electron chi connectivity index (χ1n) is 7.19. The van der Waals surface area contributed by atoms with E-state index in [-0.39, 0.29) is 25.3 Å². The van der Waals surface area contributed by atoms with E-state index >= 15 is 0 Å². The third-order valence-electron chi connectivity index (χ3n) is 2.93. The van der Waals surface area contributed by atoms with E-state index in [1.54, 1.807) is 0 Å². The highest BCUT2D eigenvalue weighted by Gasteiger charge is 2.25. The molecule has 0 saturated carbocycles. The highest BCUT2D eigenvalue weighted by molar-refractivity contribution is 5.90. The van der Waals surface area contributed by atoms with Crippen LogP contribution in [0.2, 0.25) is 0 Å². The monoisotopic (exact) mass is 332 g/mol. The fraction of sp³-hybridized carbons (Fsp3) is 0.692. The van der Waals surface area contributed by atoms with Crippen molar-refractivity contribution in [2.75, 3.05) is 6.54 Å². The Bertz CT molecular complexity index is 440. The molecule has 0 bridgehead atoms. The lowest BCUT2D eigenvalue weighted by atomic mass is 10.0. The highest BCUT2D eigenvalue weighted by atomic mass is 16.4. The van der Waals surface area contributed by atoms with Crippen LogP contribution in [0.15, 0.2) is 0 Å². The number of carbonyl (C=O) groups excluding carboxylic acids is 2. The highest BCUT2D eigenvalue weighted by Crippen LogP contribution is 2.06. The molecule has 7 N–H and O–H groups in total. The molecule has 0 aromatic carbocycles. The van der Waals surface area contributed by atoms with Crippen LogP contribution in [-0.2, 0) is 9.59 Å². The van der Waals surface area contributed by atoms with Crippen molar-refractivity contribution in [2.24, 2.45) is 11.7 Å². The molecule has 0 aliphatic rings. The normalized spacial score (nSPS) is 13.0. The van der Waals surface area contributed by atoms with Gasteiger partial charge in [0.15, 0.2) is 0 Å². The van der Waals surface area contributed by atoms with E-state index in [0.717, 1.165) is 0 Å². The van der Waals surface area contributed by atoms with Crippen molar-refractivity contribution in [1.29, 1.82) is 0 Å². The summed E-state index contributed by atoms with van der Waals surface area (Å²) in [5, 5.41) is 23.8. The van der Waals surface area contributed by atoms with E-state index in [1.807, 2.05) is 19.2 Å². The zero-order valence-electron chi connectivity index (χ0n) is 13.2. The van der Waals surface area contributed by atoms with Gasteiger partial charge in [0.05, 0.1) is 0 Å². The van der Waals surface area contributed by atoms with Crippen LogP contribution in [-0.4, -0.2) is 52.8 Å². The number of primary amides is 1. The number of hydrogen-bond acceptors (Lipinski definition) is 4. The fourth-order valence-corrected chi connectivity index (χ4v) is 1.91. The lowest BCUT2D eigenvalue weighted by Crippen LogP contribution is -2.53. The van der Waals surface area contributed by atoms with Gasteiger partial charge in [-0.05, 0) is 25.2 Å². The van der Waals surface area contributed by atoms with Gasteiger partial charge in [-0.15, -0.1) is 0 Å². The maximum absolute atomic E-state index is 12.1. The minimum atomic E-state index is -1.39. The smallest absolute Gasteiger partial charge is 0.405 e. The lowest BCUT2D eigenvalue weighted by molar-refractivity contribution is -0.129. The van der Waals surface area contributed by atoms with Crippen LogP contribution in [0.4, 0.5) is 9.59 Å². The second kappa shape index (κ2) is 10.2. The Hall–Kier alpha value is -2.52. The Morgan fingerprint density at radius 3 is 2.04 bits per heavy atom. The minimum absolute atomic E-state index is 0.0750. The maximum Gasteiger partial charge on any atom is 0.405 e. The molecular weight excluding hydrogens is 308 g/mol. The van der Waals surface area contributed by atoms with Crippen molar-refractivity contribution in [3.05, 3.63) is 0 Å². The zero-order chi connectivity index (χ0) is 18.0. The summed E-state index contributed by atoms with van der Waals surface area (Å²) in [5.41, 5.74) is 5.22. The molecule has 0 aromatic rings. The fourth-order valence-electron chi connectivity index (χ4n) is 1.91. The van der Waals surface area contributed by atoms with E-state index in [2.05, 4.69) is 10.6 Å². The molecule has 0 fully saturated rings. The molecule has 4 amide bonds. The number of carbonyl (C=O) groups is 4. The molecule has 0 aliphatic heterocycles. The van der Waals surface area contributed by atoms with Crippen molar-refractivity contribution in [2.45, 2.75) is 45.2 Å². The van der Waals surface area contributed by atoms with Gasteiger partial charge in [0.1, 0.15) is 12.1 Å². The summed E-state index contributed by atoms with van der Waals surface area (Å²) >= 11 is 0. The summed E-state index contributed by atoms with van der Waals surface area (Å²) < 4.78 is 0. The van der Waals surface area contributed by atoms with E-state index in [1.165, 1.54) is 0 Å². The maximum atomic E-state index is 12.1. The Morgan fingerprint density at radius 1 is 1.00 bits per heavy atom. The predicted octanol–water partition coefficient (Wildman–Crippen LogP) is -0.313. The molecule has 10 nitrogen and oxygen atoms in total. The van der Waals surface area contributed by atoms with Crippen LogP contribution in [0.25, 0.3) is 0 Å². The molecule has 2 unspecified atom stereocenters. The third-order valence-corrected chi connectivity index (χ3v) is 2.93. The molecule has 0 aliphatic carbocycles. The van der Waals surface area contributed by atoms with Gasteiger partial charge in [0.2, 0.25) is 11.8 Å². The number of carboxylic acid groups (broad SMARTS) is 2. The summed E-state index contributed by atoms with van der Waals surface area (Å²) in [6, 6.07) is -1.99. The molecule has 2 atom stereocenters. The van der Waals surface area contributed by atoms with Crippen LogP contribution >= 0.6 is 0 Å². The first kappa shape index (κ1) is 20.5. The molecule has 0 spiro atoms. The molecule has 0 aromatic heterocycles. The lowest BCUT2D eigenvalue weighted by Gasteiger charge is -2.22. The molecule has 10 heteroatoms. The number of nitrogens with one attached hydrogen (secondary N) is 3. The van der Waals surface area contributed by atoms with E-state index in [4.69, 9.17) is 15.9 Å². The van der Waals surface area contributed by atoms with Crippen molar-refractivity contribution < 1.29 is 29.4 Å². The van der Waals surface area contributed by atoms with Gasteiger partial charge in [-0.3, -0.25) is 9.59 Å². The largest absolute Gasteiger partial charge is 0.465 e. The number of nitrogens with two attached hydrogens (primary N) is 1. The Balaban J connectivity index is 4.67. The second-order valence-electron chi connectivity index (χ2n) is 5.47. The van der Waals surface area contributed by atoms with Gasteiger partial charge in [0, 0.05) is 6.54 Å². The topological polar surface area (TPSA) is 171 Å². The third kappa shape index (κ3) is 9.93. The van der Waals surface area contributed by atoms with Gasteiger partial charge >= 0.3 is 12.2 Å². The molecule has 23 heavy (non-hydrogen) atoms. The first-order valence-corrected chi connectivity index (χ1v) is 7.19. The Morgan fingerprint density at radius 2 is 1.61 bits per heavy atom. The average Bonchev–Trinajstić information content (AvgIpc) is 2.39. The van der Waals surface area contributed by atoms with E-state index in [0.29, 0.717) is 6.42 Å². The Kier molecular flexibility index (Phi) is 9.12. The predicted molar refractivity (Wildman–Crippen MR) is 80.8 cm³/mol. The van der Waals surface area contributed by atoms with Crippen molar-refractivity contribution in [1.82, 2.24) is 16.0 Å². The number of hydrogen-bond donors (Lipinski definition) is 6.